The predicted molar refractivity (Wildman–Crippen MR) is 81.2 cm³/mol. The number of rotatable bonds is 2. The van der Waals surface area contributed by atoms with Gasteiger partial charge in [0.15, 0.2) is 0 Å². The molecule has 116 valence electrons. The van der Waals surface area contributed by atoms with E-state index in [1.807, 2.05) is 18.3 Å². The van der Waals surface area contributed by atoms with Crippen LogP contribution in [0.1, 0.15) is 37.3 Å². The number of amides is 2. The second-order valence-electron chi connectivity index (χ2n) is 6.97. The zero-order valence-corrected chi connectivity index (χ0v) is 12.4. The first-order chi connectivity index (χ1) is 10.5. The summed E-state index contributed by atoms with van der Waals surface area (Å²) < 4.78 is 0. The fourth-order valence-corrected chi connectivity index (χ4v) is 4.02. The maximum absolute atomic E-state index is 11.9. The molecule has 4 rings (SSSR count). The molecule has 1 aliphatic carbocycles. The molecule has 1 unspecified atom stereocenters. The van der Waals surface area contributed by atoms with Gasteiger partial charge in [0.05, 0.1) is 23.5 Å². The Hall–Kier alpha value is -1.95. The van der Waals surface area contributed by atoms with E-state index in [2.05, 4.69) is 15.2 Å². The van der Waals surface area contributed by atoms with Gasteiger partial charge in [-0.1, -0.05) is 0 Å². The fraction of sp³-hybridized carbons (Fsp3) is 0.562. The van der Waals surface area contributed by atoms with Crippen LogP contribution in [0.2, 0.25) is 0 Å². The SMILES string of the molecule is NC1CC2(C1)CN(c1ccc(C3CCC(=O)NC3=O)nc1)C2. The van der Waals surface area contributed by atoms with Crippen LogP contribution in [0.25, 0.3) is 0 Å². The summed E-state index contributed by atoms with van der Waals surface area (Å²) in [7, 11) is 0. The van der Waals surface area contributed by atoms with Crippen molar-refractivity contribution in [3.8, 4) is 0 Å². The monoisotopic (exact) mass is 300 g/mol. The first kappa shape index (κ1) is 13.7. The van der Waals surface area contributed by atoms with Crippen molar-refractivity contribution in [2.75, 3.05) is 18.0 Å². The molecule has 6 nitrogen and oxygen atoms in total. The number of nitrogens with zero attached hydrogens (tertiary/aromatic N) is 2. The molecule has 0 aromatic carbocycles. The van der Waals surface area contributed by atoms with Gasteiger partial charge in [-0.05, 0) is 31.4 Å². The highest BCUT2D eigenvalue weighted by Gasteiger charge is 2.51. The van der Waals surface area contributed by atoms with E-state index in [4.69, 9.17) is 5.73 Å². The van der Waals surface area contributed by atoms with E-state index in [0.717, 1.165) is 37.3 Å². The molecule has 6 heteroatoms. The molecular formula is C16H20N4O2. The summed E-state index contributed by atoms with van der Waals surface area (Å²) in [5.41, 5.74) is 8.17. The van der Waals surface area contributed by atoms with Crippen molar-refractivity contribution in [1.82, 2.24) is 10.3 Å². The molecule has 1 saturated carbocycles. The highest BCUT2D eigenvalue weighted by atomic mass is 16.2. The summed E-state index contributed by atoms with van der Waals surface area (Å²) in [6.07, 6.45) is 5.03. The van der Waals surface area contributed by atoms with E-state index in [9.17, 15) is 9.59 Å². The zero-order chi connectivity index (χ0) is 15.3. The number of anilines is 1. The van der Waals surface area contributed by atoms with Crippen LogP contribution in [0.5, 0.6) is 0 Å². The number of nitrogens with two attached hydrogens (primary N) is 1. The van der Waals surface area contributed by atoms with Crippen LogP contribution in [-0.4, -0.2) is 35.9 Å². The Morgan fingerprint density at radius 1 is 1.27 bits per heavy atom. The Balaban J connectivity index is 1.41. The largest absolute Gasteiger partial charge is 0.369 e. The third-order valence-electron chi connectivity index (χ3n) is 5.18. The summed E-state index contributed by atoms with van der Waals surface area (Å²) in [4.78, 5) is 29.8. The van der Waals surface area contributed by atoms with Crippen molar-refractivity contribution in [2.45, 2.75) is 37.6 Å². The normalized spacial score (nSPS) is 27.3. The Labute approximate surface area is 129 Å². The molecule has 2 amide bonds. The van der Waals surface area contributed by atoms with E-state index in [1.165, 1.54) is 0 Å². The number of hydrogen-bond donors (Lipinski definition) is 2. The lowest BCUT2D eigenvalue weighted by Crippen LogP contribution is -2.65. The number of carbonyl (C=O) groups excluding carboxylic acids is 2. The van der Waals surface area contributed by atoms with Gasteiger partial charge >= 0.3 is 0 Å². The van der Waals surface area contributed by atoms with Gasteiger partial charge in [0.2, 0.25) is 11.8 Å². The van der Waals surface area contributed by atoms with Gasteiger partial charge in [0.25, 0.3) is 0 Å². The Morgan fingerprint density at radius 3 is 2.64 bits per heavy atom. The minimum absolute atomic E-state index is 0.192. The molecule has 3 fully saturated rings. The first-order valence-electron chi connectivity index (χ1n) is 7.85. The maximum atomic E-state index is 11.9. The third-order valence-corrected chi connectivity index (χ3v) is 5.18. The van der Waals surface area contributed by atoms with Gasteiger partial charge in [0.1, 0.15) is 0 Å². The zero-order valence-electron chi connectivity index (χ0n) is 12.4. The predicted octanol–water partition coefficient (Wildman–Crippen LogP) is 0.529. The second kappa shape index (κ2) is 4.78. The average Bonchev–Trinajstić information content (AvgIpc) is 2.42. The van der Waals surface area contributed by atoms with Crippen LogP contribution in [0, 0.1) is 5.41 Å². The molecule has 3 aliphatic rings. The van der Waals surface area contributed by atoms with Crippen LogP contribution in [0.3, 0.4) is 0 Å². The minimum atomic E-state index is -0.306. The molecule has 1 atom stereocenters. The van der Waals surface area contributed by atoms with Crippen molar-refractivity contribution in [2.24, 2.45) is 11.1 Å². The molecule has 2 aliphatic heterocycles. The van der Waals surface area contributed by atoms with E-state index in [0.29, 0.717) is 24.3 Å². The molecule has 2 saturated heterocycles. The van der Waals surface area contributed by atoms with Gasteiger partial charge in [-0.25, -0.2) is 0 Å². The maximum Gasteiger partial charge on any atom is 0.235 e. The molecule has 0 radical (unpaired) electrons. The summed E-state index contributed by atoms with van der Waals surface area (Å²) in [5.74, 6) is -0.732. The molecule has 3 N–H and O–H groups in total. The van der Waals surface area contributed by atoms with Crippen molar-refractivity contribution in [3.63, 3.8) is 0 Å². The van der Waals surface area contributed by atoms with Gasteiger partial charge < -0.3 is 10.6 Å². The molecule has 0 bridgehead atoms. The van der Waals surface area contributed by atoms with Gasteiger partial charge in [-0.2, -0.15) is 0 Å². The van der Waals surface area contributed by atoms with E-state index >= 15 is 0 Å². The van der Waals surface area contributed by atoms with E-state index < -0.39 is 0 Å². The lowest BCUT2D eigenvalue weighted by atomic mass is 9.61. The minimum Gasteiger partial charge on any atom is -0.369 e. The quantitative estimate of drug-likeness (QED) is 0.778. The van der Waals surface area contributed by atoms with Crippen molar-refractivity contribution >= 4 is 17.5 Å². The molecule has 3 heterocycles. The average molecular weight is 300 g/mol. The summed E-state index contributed by atoms with van der Waals surface area (Å²) in [5, 5.41) is 2.38. The Bertz CT molecular complexity index is 614. The third kappa shape index (κ3) is 2.18. The number of piperidine rings is 1. The lowest BCUT2D eigenvalue weighted by molar-refractivity contribution is -0.134. The molecular weight excluding hydrogens is 280 g/mol. The number of nitrogens with one attached hydrogen (secondary N) is 1. The van der Waals surface area contributed by atoms with Gasteiger partial charge in [-0.3, -0.25) is 19.9 Å². The van der Waals surface area contributed by atoms with Crippen LogP contribution in [-0.2, 0) is 9.59 Å². The standard InChI is InChI=1S/C16H20N4O2/c17-10-5-16(6-10)8-20(9-16)11-1-3-13(18-7-11)12-2-4-14(21)19-15(12)22/h1,3,7,10,12H,2,4-6,8-9,17H2,(H,19,21,22). The van der Waals surface area contributed by atoms with Crippen LogP contribution >= 0.6 is 0 Å². The van der Waals surface area contributed by atoms with E-state index in [-0.39, 0.29) is 17.7 Å². The molecule has 1 aromatic rings. The van der Waals surface area contributed by atoms with Crippen LogP contribution in [0.15, 0.2) is 18.3 Å². The topological polar surface area (TPSA) is 88.3 Å². The Morgan fingerprint density at radius 2 is 2.05 bits per heavy atom. The number of hydrogen-bond acceptors (Lipinski definition) is 5. The lowest BCUT2D eigenvalue weighted by Gasteiger charge is -2.59. The van der Waals surface area contributed by atoms with Crippen LogP contribution in [0.4, 0.5) is 5.69 Å². The molecule has 1 aromatic heterocycles. The van der Waals surface area contributed by atoms with Crippen molar-refractivity contribution in [1.29, 1.82) is 0 Å². The van der Waals surface area contributed by atoms with Gasteiger partial charge in [0, 0.05) is 31.0 Å². The van der Waals surface area contributed by atoms with Crippen molar-refractivity contribution in [3.05, 3.63) is 24.0 Å². The number of imide groups is 1. The molecule has 1 spiro atoms. The first-order valence-corrected chi connectivity index (χ1v) is 7.85. The number of pyridine rings is 1. The van der Waals surface area contributed by atoms with Crippen molar-refractivity contribution < 1.29 is 9.59 Å². The highest BCUT2D eigenvalue weighted by molar-refractivity contribution is 6.00. The second-order valence-corrected chi connectivity index (χ2v) is 6.97. The number of carbonyl (C=O) groups is 2. The Kier molecular flexibility index (Phi) is 2.97. The fourth-order valence-electron chi connectivity index (χ4n) is 4.02. The highest BCUT2D eigenvalue weighted by Crippen LogP contribution is 2.48. The van der Waals surface area contributed by atoms with E-state index in [1.54, 1.807) is 0 Å². The summed E-state index contributed by atoms with van der Waals surface area (Å²) in [6, 6.07) is 4.32. The summed E-state index contributed by atoms with van der Waals surface area (Å²) >= 11 is 0. The molecule has 22 heavy (non-hydrogen) atoms. The van der Waals surface area contributed by atoms with Crippen LogP contribution < -0.4 is 16.0 Å². The summed E-state index contributed by atoms with van der Waals surface area (Å²) in [6.45, 7) is 2.11. The smallest absolute Gasteiger partial charge is 0.235 e. The number of aromatic nitrogens is 1. The van der Waals surface area contributed by atoms with Gasteiger partial charge in [-0.15, -0.1) is 0 Å².